The summed E-state index contributed by atoms with van der Waals surface area (Å²) in [5.41, 5.74) is 0.420. The number of alkyl halides is 3. The quantitative estimate of drug-likeness (QED) is 0.125. The predicted octanol–water partition coefficient (Wildman–Crippen LogP) is 3.77. The number of rotatable bonds is 6. The second-order valence-electron chi connectivity index (χ2n) is 5.23. The first kappa shape index (κ1) is 23.0. The van der Waals surface area contributed by atoms with Gasteiger partial charge < -0.3 is 10.9 Å². The molecule has 29 heavy (non-hydrogen) atoms. The number of hydrogen-bond acceptors (Lipinski definition) is 8. The fourth-order valence-electron chi connectivity index (χ4n) is 2.15. The van der Waals surface area contributed by atoms with Crippen molar-refractivity contribution >= 4 is 75.5 Å². The summed E-state index contributed by atoms with van der Waals surface area (Å²) >= 11 is 18.2. The zero-order valence-corrected chi connectivity index (χ0v) is 17.8. The highest BCUT2D eigenvalue weighted by molar-refractivity contribution is 8.14. The number of amidine groups is 1. The molecular weight excluding hydrogens is 459 g/mol. The molecule has 0 spiro atoms. The Hall–Kier alpha value is -2.33. The number of carbonyl (C=O) groups excluding carboxylic acids is 1. The largest absolute Gasteiger partial charge is 0.511 e. The van der Waals surface area contributed by atoms with Crippen LogP contribution in [0.2, 0.25) is 0 Å². The van der Waals surface area contributed by atoms with Crippen LogP contribution in [-0.2, 0) is 4.79 Å². The fraction of sp³-hybridized carbons (Fsp3) is 0.118. The number of aromatic nitrogens is 2. The Balaban J connectivity index is 2.34. The first-order valence-corrected chi connectivity index (χ1v) is 9.94. The van der Waals surface area contributed by atoms with Gasteiger partial charge in [-0.3, -0.25) is 14.8 Å². The van der Waals surface area contributed by atoms with E-state index in [4.69, 9.17) is 40.6 Å². The molecular formula is C17H15Cl3N6O2S. The molecule has 152 valence electrons. The first-order valence-electron chi connectivity index (χ1n) is 7.82. The topological polar surface area (TPSA) is 117 Å². The lowest BCUT2D eigenvalue weighted by atomic mass is 10.1. The number of halogens is 3. The minimum atomic E-state index is -2.30. The zero-order valence-electron chi connectivity index (χ0n) is 14.7. The smallest absolute Gasteiger partial charge is 0.253 e. The molecule has 0 aliphatic heterocycles. The number of nitrogens with two attached hydrogens (primary N) is 1. The van der Waals surface area contributed by atoms with Gasteiger partial charge in [0, 0.05) is 19.1 Å². The Bertz CT molecular complexity index is 920. The lowest BCUT2D eigenvalue weighted by Crippen LogP contribution is -2.25. The maximum Gasteiger partial charge on any atom is 0.253 e. The third kappa shape index (κ3) is 6.07. The van der Waals surface area contributed by atoms with Crippen LogP contribution in [0.15, 0.2) is 64.9 Å². The molecule has 0 aliphatic carbocycles. The molecule has 12 heteroatoms. The van der Waals surface area contributed by atoms with Crippen LogP contribution < -0.4 is 10.9 Å². The summed E-state index contributed by atoms with van der Waals surface area (Å²) in [6.45, 7) is 3.50. The summed E-state index contributed by atoms with van der Waals surface area (Å²) < 4.78 is -2.30. The molecule has 0 amide bonds. The number of thioether (sulfide) groups is 1. The number of ketones is 1. The first-order chi connectivity index (χ1) is 13.8. The summed E-state index contributed by atoms with van der Waals surface area (Å²) in [5.74, 6) is 3.98. The van der Waals surface area contributed by atoms with E-state index in [9.17, 15) is 9.90 Å². The molecule has 0 fully saturated rings. The number of anilines is 1. The van der Waals surface area contributed by atoms with Crippen molar-refractivity contribution in [3.8, 4) is 0 Å². The Labute approximate surface area is 186 Å². The van der Waals surface area contributed by atoms with Gasteiger partial charge in [-0.15, -0.1) is 0 Å². The van der Waals surface area contributed by atoms with Crippen LogP contribution in [0.1, 0.15) is 5.69 Å². The van der Waals surface area contributed by atoms with Gasteiger partial charge in [0.25, 0.3) is 3.79 Å². The van der Waals surface area contributed by atoms with E-state index >= 15 is 0 Å². The number of hydrazone groups is 2. The van der Waals surface area contributed by atoms with Gasteiger partial charge in [-0.05, 0) is 12.1 Å². The number of nitrogens with zero attached hydrogens (tertiary/aromatic N) is 5. The van der Waals surface area contributed by atoms with Crippen molar-refractivity contribution in [1.82, 2.24) is 9.97 Å². The second-order valence-corrected chi connectivity index (χ2v) is 8.45. The summed E-state index contributed by atoms with van der Waals surface area (Å²) in [4.78, 5) is 20.4. The van der Waals surface area contributed by atoms with Crippen LogP contribution >= 0.6 is 46.6 Å². The van der Waals surface area contributed by atoms with Gasteiger partial charge in [-0.2, -0.15) is 10.2 Å². The Morgan fingerprint density at radius 3 is 2.48 bits per heavy atom. The van der Waals surface area contributed by atoms with Crippen molar-refractivity contribution in [3.05, 3.63) is 60.4 Å². The zero-order chi connectivity index (χ0) is 21.4. The van der Waals surface area contributed by atoms with Crippen molar-refractivity contribution in [2.24, 2.45) is 16.0 Å². The number of carbonyl (C=O) groups is 1. The van der Waals surface area contributed by atoms with Crippen LogP contribution in [0.3, 0.4) is 0 Å². The SMILES string of the molecule is C=NN(/C(=N\N)SC/C(O)=C(\C(=O)C(Cl)(Cl)Cl)c1cnccn1)c1ccccc1. The number of Topliss-reactive ketones (excluding diaryl/α,β-unsaturated/α-hetero) is 1. The van der Waals surface area contributed by atoms with Gasteiger partial charge in [0.15, 0.2) is 0 Å². The molecule has 0 unspecified atom stereocenters. The Morgan fingerprint density at radius 2 is 1.97 bits per heavy atom. The maximum absolute atomic E-state index is 12.5. The molecule has 0 aliphatic rings. The molecule has 1 heterocycles. The van der Waals surface area contributed by atoms with Crippen LogP contribution in [0.5, 0.6) is 0 Å². The van der Waals surface area contributed by atoms with E-state index in [2.05, 4.69) is 26.9 Å². The molecule has 2 aromatic rings. The maximum atomic E-state index is 12.5. The van der Waals surface area contributed by atoms with Gasteiger partial charge in [0.05, 0.1) is 28.9 Å². The third-order valence-corrected chi connectivity index (χ3v) is 4.83. The molecule has 1 aromatic heterocycles. The molecule has 1 aromatic carbocycles. The van der Waals surface area contributed by atoms with E-state index in [0.717, 1.165) is 11.8 Å². The van der Waals surface area contributed by atoms with Crippen LogP contribution in [-0.4, -0.2) is 42.3 Å². The highest BCUT2D eigenvalue weighted by Gasteiger charge is 2.36. The molecule has 3 N–H and O–H groups in total. The Kier molecular flexibility index (Phi) is 8.27. The van der Waals surface area contributed by atoms with Gasteiger partial charge in [-0.25, -0.2) is 5.01 Å². The third-order valence-electron chi connectivity index (χ3n) is 3.36. The molecule has 0 bridgehead atoms. The van der Waals surface area contributed by atoms with Gasteiger partial charge in [-0.1, -0.05) is 64.8 Å². The van der Waals surface area contributed by atoms with E-state index in [1.165, 1.54) is 23.6 Å². The van der Waals surface area contributed by atoms with Crippen LogP contribution in [0.25, 0.3) is 5.57 Å². The van der Waals surface area contributed by atoms with E-state index < -0.39 is 15.3 Å². The fourth-order valence-corrected chi connectivity index (χ4v) is 3.20. The molecule has 0 saturated carbocycles. The Morgan fingerprint density at radius 1 is 1.28 bits per heavy atom. The highest BCUT2D eigenvalue weighted by Crippen LogP contribution is 2.34. The average Bonchev–Trinajstić information content (AvgIpc) is 2.72. The highest BCUT2D eigenvalue weighted by atomic mass is 35.6. The minimum Gasteiger partial charge on any atom is -0.511 e. The molecule has 0 saturated heterocycles. The number of hydrogen-bond donors (Lipinski definition) is 2. The lowest BCUT2D eigenvalue weighted by Gasteiger charge is -2.19. The number of aliphatic hydroxyl groups is 1. The average molecular weight is 474 g/mol. The molecule has 2 rings (SSSR count). The summed E-state index contributed by atoms with van der Waals surface area (Å²) in [6.07, 6.45) is 4.01. The minimum absolute atomic E-state index is 0.0509. The summed E-state index contributed by atoms with van der Waals surface area (Å²) in [6, 6.07) is 8.98. The van der Waals surface area contributed by atoms with E-state index in [0.29, 0.717) is 5.69 Å². The summed E-state index contributed by atoms with van der Waals surface area (Å²) in [5, 5.41) is 19.7. The van der Waals surface area contributed by atoms with Gasteiger partial charge in [0.2, 0.25) is 11.0 Å². The standard InChI is InChI=1S/C17H15Cl3N6O2S/c1-22-26(11-5-3-2-4-6-11)16(25-21)29-10-13(27)14(15(28)17(18,19)20)12-9-23-7-8-24-12/h2-9,27H,1,10,21H2/b14-13+,25-16+. The predicted molar refractivity (Wildman–Crippen MR) is 119 cm³/mol. The van der Waals surface area contributed by atoms with Gasteiger partial charge in [0.1, 0.15) is 5.76 Å². The van der Waals surface area contributed by atoms with E-state index in [1.54, 1.807) is 24.3 Å². The van der Waals surface area contributed by atoms with Crippen molar-refractivity contribution in [2.45, 2.75) is 3.79 Å². The molecule has 8 nitrogen and oxygen atoms in total. The number of benzene rings is 1. The van der Waals surface area contributed by atoms with Crippen LogP contribution in [0, 0.1) is 0 Å². The van der Waals surface area contributed by atoms with E-state index in [1.807, 2.05) is 6.07 Å². The lowest BCUT2D eigenvalue weighted by molar-refractivity contribution is -0.113. The normalized spacial score (nSPS) is 12.9. The van der Waals surface area contributed by atoms with Crippen LogP contribution in [0.4, 0.5) is 5.69 Å². The molecule has 0 atom stereocenters. The van der Waals surface area contributed by atoms with Crippen molar-refractivity contribution in [2.75, 3.05) is 10.8 Å². The van der Waals surface area contributed by atoms with Crippen molar-refractivity contribution in [1.29, 1.82) is 0 Å². The number of aliphatic hydroxyl groups excluding tert-OH is 1. The number of para-hydroxylation sites is 1. The van der Waals surface area contributed by atoms with Crippen molar-refractivity contribution < 1.29 is 9.90 Å². The number of allylic oxidation sites excluding steroid dienone is 1. The van der Waals surface area contributed by atoms with E-state index in [-0.39, 0.29) is 22.2 Å². The monoisotopic (exact) mass is 472 g/mol. The van der Waals surface area contributed by atoms with Gasteiger partial charge >= 0.3 is 0 Å². The van der Waals surface area contributed by atoms with Crippen molar-refractivity contribution in [3.63, 3.8) is 0 Å². The molecule has 0 radical (unpaired) electrons. The second kappa shape index (κ2) is 10.4. The summed E-state index contributed by atoms with van der Waals surface area (Å²) in [7, 11) is 0.